The highest BCUT2D eigenvalue weighted by atomic mass is 79.9. The van der Waals surface area contributed by atoms with Gasteiger partial charge >= 0.3 is 0 Å². The van der Waals surface area contributed by atoms with Crippen LogP contribution in [0.15, 0.2) is 33.9 Å². The minimum Gasteiger partial charge on any atom is -0.492 e. The number of nitrogens with zero attached hydrogens (tertiary/aromatic N) is 2. The number of hydrogen-bond donors (Lipinski definition) is 0. The molecule has 0 fully saturated rings. The minimum atomic E-state index is -4.13. The van der Waals surface area contributed by atoms with E-state index in [1.807, 2.05) is 13.2 Å². The molecule has 2 rings (SSSR count). The van der Waals surface area contributed by atoms with Crippen LogP contribution in [0.1, 0.15) is 5.56 Å². The third kappa shape index (κ3) is 4.18. The fraction of sp³-hybridized carbons (Fsp3) is 0.250. The summed E-state index contributed by atoms with van der Waals surface area (Å²) in [6.07, 6.45) is 4.15. The number of aromatic nitrogens is 2. The minimum absolute atomic E-state index is 0.209. The van der Waals surface area contributed by atoms with E-state index in [9.17, 15) is 12.8 Å². The Labute approximate surface area is 134 Å². The molecule has 1 aromatic carbocycles. The van der Waals surface area contributed by atoms with Gasteiger partial charge in [-0.25, -0.2) is 12.8 Å². The molecule has 1 aromatic heterocycles. The zero-order chi connectivity index (χ0) is 15.6. The Morgan fingerprint density at radius 1 is 1.48 bits per heavy atom. The molecule has 0 saturated carbocycles. The van der Waals surface area contributed by atoms with Gasteiger partial charge < -0.3 is 4.74 Å². The lowest BCUT2D eigenvalue weighted by Gasteiger charge is -2.09. The van der Waals surface area contributed by atoms with Gasteiger partial charge in [0.15, 0.2) is 0 Å². The number of rotatable bonds is 5. The first kappa shape index (κ1) is 16.3. The molecule has 5 nitrogen and oxygen atoms in total. The Hall–Kier alpha value is -1.12. The fourth-order valence-electron chi connectivity index (χ4n) is 1.69. The molecule has 0 radical (unpaired) electrons. The molecule has 0 saturated heterocycles. The quantitative estimate of drug-likeness (QED) is 0.728. The largest absolute Gasteiger partial charge is 0.492 e. The van der Waals surface area contributed by atoms with Crippen molar-refractivity contribution in [1.29, 1.82) is 0 Å². The molecule has 0 unspecified atom stereocenters. The molecule has 114 valence electrons. The summed E-state index contributed by atoms with van der Waals surface area (Å²) in [6, 6.07) is 2.07. The summed E-state index contributed by atoms with van der Waals surface area (Å²) in [4.78, 5) is -0.587. The van der Waals surface area contributed by atoms with Crippen molar-refractivity contribution in [2.75, 3.05) is 6.61 Å². The first-order valence-corrected chi connectivity index (χ1v) is 8.91. The molecule has 2 aromatic rings. The molecule has 0 amide bonds. The Morgan fingerprint density at radius 3 is 2.76 bits per heavy atom. The van der Waals surface area contributed by atoms with Crippen molar-refractivity contribution < 1.29 is 17.5 Å². The summed E-state index contributed by atoms with van der Waals surface area (Å²) in [6.45, 7) is 0.302. The van der Waals surface area contributed by atoms with Crippen LogP contribution in [0.2, 0.25) is 0 Å². The second kappa shape index (κ2) is 6.33. The lowest BCUT2D eigenvalue weighted by molar-refractivity contribution is 0.317. The first-order chi connectivity index (χ1) is 9.77. The highest BCUT2D eigenvalue weighted by Gasteiger charge is 2.19. The van der Waals surface area contributed by atoms with E-state index >= 15 is 0 Å². The summed E-state index contributed by atoms with van der Waals surface area (Å²) >= 11 is 3.13. The molecule has 0 aliphatic heterocycles. The molecule has 0 atom stereocenters. The maximum absolute atomic E-state index is 13.7. The number of ether oxygens (including phenoxy) is 1. The lowest BCUT2D eigenvalue weighted by Crippen LogP contribution is -2.03. The lowest BCUT2D eigenvalue weighted by atomic mass is 10.3. The Morgan fingerprint density at radius 2 is 2.19 bits per heavy atom. The van der Waals surface area contributed by atoms with Crippen LogP contribution in [0.5, 0.6) is 5.75 Å². The van der Waals surface area contributed by atoms with E-state index in [2.05, 4.69) is 21.0 Å². The van der Waals surface area contributed by atoms with Gasteiger partial charge in [0, 0.05) is 36.4 Å². The fourth-order valence-corrected chi connectivity index (χ4v) is 3.20. The summed E-state index contributed by atoms with van der Waals surface area (Å²) in [5.74, 6) is -0.745. The van der Waals surface area contributed by atoms with Crippen LogP contribution in [-0.2, 0) is 22.5 Å². The second-order valence-corrected chi connectivity index (χ2v) is 7.66. The van der Waals surface area contributed by atoms with Crippen molar-refractivity contribution in [2.45, 2.75) is 11.3 Å². The van der Waals surface area contributed by atoms with Crippen LogP contribution >= 0.6 is 26.6 Å². The van der Waals surface area contributed by atoms with Crippen molar-refractivity contribution in [3.8, 4) is 5.75 Å². The maximum atomic E-state index is 13.7. The van der Waals surface area contributed by atoms with E-state index in [-0.39, 0.29) is 5.75 Å². The van der Waals surface area contributed by atoms with Crippen molar-refractivity contribution in [1.82, 2.24) is 9.78 Å². The topological polar surface area (TPSA) is 61.2 Å². The molecule has 1 heterocycles. The van der Waals surface area contributed by atoms with Crippen molar-refractivity contribution in [2.24, 2.45) is 7.05 Å². The standard InChI is InChI=1S/C12H11BrClFN2O3S/c1-17-7-8(6-16-17)2-3-20-11-5-10(15)12(4-9(11)13)21(14,18)19/h4-7H,2-3H2,1H3. The molecule has 0 bridgehead atoms. The van der Waals surface area contributed by atoms with Gasteiger partial charge in [0.1, 0.15) is 16.5 Å². The van der Waals surface area contributed by atoms with Crippen LogP contribution in [0.3, 0.4) is 0 Å². The Kier molecular flexibility index (Phi) is 4.90. The molecule has 0 N–H and O–H groups in total. The number of halogens is 3. The van der Waals surface area contributed by atoms with Gasteiger partial charge in [-0.1, -0.05) is 0 Å². The molecule has 0 spiro atoms. The average Bonchev–Trinajstić information content (AvgIpc) is 2.77. The molecule has 21 heavy (non-hydrogen) atoms. The monoisotopic (exact) mass is 396 g/mol. The zero-order valence-corrected chi connectivity index (χ0v) is 14.0. The van der Waals surface area contributed by atoms with Gasteiger partial charge in [-0.3, -0.25) is 4.68 Å². The third-order valence-corrected chi connectivity index (χ3v) is 4.61. The smallest absolute Gasteiger partial charge is 0.264 e. The van der Waals surface area contributed by atoms with Gasteiger partial charge in [-0.15, -0.1) is 0 Å². The van der Waals surface area contributed by atoms with E-state index in [1.165, 1.54) is 0 Å². The van der Waals surface area contributed by atoms with Crippen LogP contribution in [0.25, 0.3) is 0 Å². The maximum Gasteiger partial charge on any atom is 0.264 e. The molecule has 0 aliphatic rings. The van der Waals surface area contributed by atoms with Gasteiger partial charge in [0.25, 0.3) is 9.05 Å². The Bertz CT molecular complexity index is 764. The van der Waals surface area contributed by atoms with Gasteiger partial charge in [0.2, 0.25) is 0 Å². The number of hydrogen-bond acceptors (Lipinski definition) is 4. The Balaban J connectivity index is 2.09. The average molecular weight is 398 g/mol. The van der Waals surface area contributed by atoms with Crippen LogP contribution in [0, 0.1) is 5.82 Å². The predicted molar refractivity (Wildman–Crippen MR) is 79.5 cm³/mol. The number of aryl methyl sites for hydroxylation is 1. The van der Waals surface area contributed by atoms with Crippen LogP contribution in [0.4, 0.5) is 4.39 Å². The van der Waals surface area contributed by atoms with Gasteiger partial charge in [-0.2, -0.15) is 5.10 Å². The van der Waals surface area contributed by atoms with E-state index in [0.29, 0.717) is 17.5 Å². The highest BCUT2D eigenvalue weighted by Crippen LogP contribution is 2.31. The SMILES string of the molecule is Cn1cc(CCOc2cc(F)c(S(=O)(=O)Cl)cc2Br)cn1. The first-order valence-electron chi connectivity index (χ1n) is 5.81. The molecule has 9 heteroatoms. The third-order valence-electron chi connectivity index (χ3n) is 2.66. The molecule has 0 aliphatic carbocycles. The summed E-state index contributed by atoms with van der Waals surface area (Å²) in [7, 11) is 2.81. The molecular weight excluding hydrogens is 387 g/mol. The molecular formula is C12H11BrClFN2O3S. The van der Waals surface area contributed by atoms with Crippen molar-refractivity contribution in [3.05, 3.63) is 40.4 Å². The van der Waals surface area contributed by atoms with Crippen molar-refractivity contribution >= 4 is 35.7 Å². The summed E-state index contributed by atoms with van der Waals surface area (Å²) in [5.41, 5.74) is 0.981. The highest BCUT2D eigenvalue weighted by molar-refractivity contribution is 9.10. The van der Waals surface area contributed by atoms with E-state index in [4.69, 9.17) is 15.4 Å². The predicted octanol–water partition coefficient (Wildman–Crippen LogP) is 2.87. The van der Waals surface area contributed by atoms with Crippen molar-refractivity contribution in [3.63, 3.8) is 0 Å². The number of benzene rings is 1. The summed E-state index contributed by atoms with van der Waals surface area (Å²) < 4.78 is 43.5. The van der Waals surface area contributed by atoms with Crippen LogP contribution < -0.4 is 4.74 Å². The van der Waals surface area contributed by atoms with E-state index in [1.54, 1.807) is 10.9 Å². The van der Waals surface area contributed by atoms with Gasteiger partial charge in [0.05, 0.1) is 17.3 Å². The normalized spacial score (nSPS) is 11.6. The van der Waals surface area contributed by atoms with E-state index < -0.39 is 19.8 Å². The second-order valence-electron chi connectivity index (χ2n) is 4.27. The van der Waals surface area contributed by atoms with Crippen LogP contribution in [-0.4, -0.2) is 24.8 Å². The van der Waals surface area contributed by atoms with E-state index in [0.717, 1.165) is 17.7 Å². The summed E-state index contributed by atoms with van der Waals surface area (Å²) in [5, 5.41) is 4.02. The zero-order valence-electron chi connectivity index (χ0n) is 10.9. The van der Waals surface area contributed by atoms with Gasteiger partial charge in [-0.05, 0) is 27.6 Å².